The van der Waals surface area contributed by atoms with Gasteiger partial charge < -0.3 is 5.32 Å². The predicted molar refractivity (Wildman–Crippen MR) is 45.1 cm³/mol. The van der Waals surface area contributed by atoms with Crippen molar-refractivity contribution in [3.8, 4) is 0 Å². The molecule has 0 aromatic carbocycles. The summed E-state index contributed by atoms with van der Waals surface area (Å²) in [5.74, 6) is 0. The van der Waals surface area contributed by atoms with Gasteiger partial charge in [0.1, 0.15) is 6.54 Å². The molecule has 0 saturated carbocycles. The van der Waals surface area contributed by atoms with Crippen molar-refractivity contribution in [1.29, 1.82) is 0 Å². The average Bonchev–Trinajstić information content (AvgIpc) is 2.41. The molecular weight excluding hydrogens is 142 g/mol. The van der Waals surface area contributed by atoms with E-state index in [0.717, 1.165) is 6.54 Å². The average molecular weight is 156 g/mol. The molecule has 0 unspecified atom stereocenters. The summed E-state index contributed by atoms with van der Waals surface area (Å²) in [4.78, 5) is 1.48. The Bertz CT molecular complexity index is 158. The first-order valence-corrected chi connectivity index (χ1v) is 4.65. The highest BCUT2D eigenvalue weighted by Gasteiger charge is 1.92. The second-order valence-corrected chi connectivity index (χ2v) is 3.39. The van der Waals surface area contributed by atoms with Crippen molar-refractivity contribution in [3.05, 3.63) is 22.4 Å². The first kappa shape index (κ1) is 7.76. The lowest BCUT2D eigenvalue weighted by Crippen LogP contribution is -2.82. The van der Waals surface area contributed by atoms with Crippen molar-refractivity contribution in [1.82, 2.24) is 0 Å². The van der Waals surface area contributed by atoms with Gasteiger partial charge in [-0.25, -0.2) is 0 Å². The van der Waals surface area contributed by atoms with Gasteiger partial charge in [0, 0.05) is 0 Å². The largest absolute Gasteiger partial charge is 0.342 e. The lowest BCUT2D eigenvalue weighted by atomic mass is 10.4. The van der Waals surface area contributed by atoms with Crippen molar-refractivity contribution in [3.63, 3.8) is 0 Å². The summed E-state index contributed by atoms with van der Waals surface area (Å²) in [5, 5.41) is 4.49. The molecule has 0 saturated heterocycles. The Labute approximate surface area is 66.1 Å². The molecule has 0 atom stereocenters. The quantitative estimate of drug-likeness (QED) is 0.631. The van der Waals surface area contributed by atoms with Crippen molar-refractivity contribution >= 4 is 11.3 Å². The summed E-state index contributed by atoms with van der Waals surface area (Å²) in [5.41, 5.74) is 0. The molecule has 2 heteroatoms. The Morgan fingerprint density at radius 3 is 3.10 bits per heavy atom. The van der Waals surface area contributed by atoms with Crippen LogP contribution in [0.3, 0.4) is 0 Å². The van der Waals surface area contributed by atoms with Crippen molar-refractivity contribution < 1.29 is 5.32 Å². The van der Waals surface area contributed by atoms with Gasteiger partial charge in [-0.1, -0.05) is 13.0 Å². The van der Waals surface area contributed by atoms with Crippen LogP contribution in [-0.4, -0.2) is 6.54 Å². The van der Waals surface area contributed by atoms with Gasteiger partial charge in [0.15, 0.2) is 0 Å². The molecule has 1 rings (SSSR count). The van der Waals surface area contributed by atoms with E-state index in [0.29, 0.717) is 0 Å². The molecule has 0 aliphatic heterocycles. The molecule has 1 aromatic rings. The van der Waals surface area contributed by atoms with Crippen LogP contribution in [0.2, 0.25) is 0 Å². The monoisotopic (exact) mass is 156 g/mol. The van der Waals surface area contributed by atoms with Crippen molar-refractivity contribution in [2.75, 3.05) is 6.54 Å². The van der Waals surface area contributed by atoms with E-state index in [4.69, 9.17) is 0 Å². The van der Waals surface area contributed by atoms with Crippen LogP contribution in [-0.2, 0) is 6.54 Å². The van der Waals surface area contributed by atoms with Gasteiger partial charge in [-0.15, -0.1) is 11.3 Å². The van der Waals surface area contributed by atoms with E-state index in [1.807, 2.05) is 11.3 Å². The zero-order valence-corrected chi connectivity index (χ0v) is 7.16. The van der Waals surface area contributed by atoms with E-state index in [1.54, 1.807) is 0 Å². The standard InChI is InChI=1S/C8H13NS/c1-2-5-9-7-8-4-3-6-10-8/h3-4,6,9H,2,5,7H2,1H3/p+1. The van der Waals surface area contributed by atoms with Gasteiger partial charge in [0.05, 0.1) is 11.4 Å². The van der Waals surface area contributed by atoms with Crippen LogP contribution in [0.4, 0.5) is 0 Å². The molecule has 0 bridgehead atoms. The number of quaternary nitrogens is 1. The van der Waals surface area contributed by atoms with Crippen LogP contribution < -0.4 is 5.32 Å². The summed E-state index contributed by atoms with van der Waals surface area (Å²) in [6.07, 6.45) is 1.27. The summed E-state index contributed by atoms with van der Waals surface area (Å²) in [6.45, 7) is 4.62. The molecule has 0 spiro atoms. The summed E-state index contributed by atoms with van der Waals surface area (Å²) >= 11 is 1.84. The number of hydrogen-bond donors (Lipinski definition) is 1. The van der Waals surface area contributed by atoms with Crippen LogP contribution in [0.25, 0.3) is 0 Å². The molecule has 0 fully saturated rings. The fourth-order valence-electron chi connectivity index (χ4n) is 0.877. The first-order chi connectivity index (χ1) is 4.93. The number of rotatable bonds is 4. The minimum Gasteiger partial charge on any atom is -0.342 e. The highest BCUT2D eigenvalue weighted by Crippen LogP contribution is 2.05. The van der Waals surface area contributed by atoms with E-state index in [2.05, 4.69) is 29.8 Å². The van der Waals surface area contributed by atoms with Crippen LogP contribution >= 0.6 is 11.3 Å². The minimum atomic E-state index is 1.16. The topological polar surface area (TPSA) is 16.6 Å². The Hall–Kier alpha value is -0.340. The molecule has 0 aliphatic carbocycles. The second kappa shape index (κ2) is 4.47. The lowest BCUT2D eigenvalue weighted by molar-refractivity contribution is -0.670. The van der Waals surface area contributed by atoms with E-state index < -0.39 is 0 Å². The predicted octanol–water partition coefficient (Wildman–Crippen LogP) is 1.22. The minimum absolute atomic E-state index is 1.16. The van der Waals surface area contributed by atoms with Crippen molar-refractivity contribution in [2.24, 2.45) is 0 Å². The van der Waals surface area contributed by atoms with Crippen LogP contribution in [0.1, 0.15) is 18.2 Å². The molecule has 1 aromatic heterocycles. The lowest BCUT2D eigenvalue weighted by Gasteiger charge is -1.94. The third-order valence-electron chi connectivity index (χ3n) is 1.42. The number of thiophene rings is 1. The van der Waals surface area contributed by atoms with E-state index in [-0.39, 0.29) is 0 Å². The molecule has 1 nitrogen and oxygen atoms in total. The molecule has 0 amide bonds. The highest BCUT2D eigenvalue weighted by molar-refractivity contribution is 7.09. The normalized spacial score (nSPS) is 10.1. The Kier molecular flexibility index (Phi) is 3.47. The maximum atomic E-state index is 2.35. The second-order valence-electron chi connectivity index (χ2n) is 2.36. The Balaban J connectivity index is 2.15. The summed E-state index contributed by atoms with van der Waals surface area (Å²) in [6, 6.07) is 4.30. The highest BCUT2D eigenvalue weighted by atomic mass is 32.1. The van der Waals surface area contributed by atoms with E-state index >= 15 is 0 Å². The fourth-order valence-corrected chi connectivity index (χ4v) is 1.58. The third kappa shape index (κ3) is 2.50. The van der Waals surface area contributed by atoms with Gasteiger partial charge in [-0.2, -0.15) is 0 Å². The molecular formula is C8H14NS+. The van der Waals surface area contributed by atoms with Gasteiger partial charge in [0.2, 0.25) is 0 Å². The summed E-state index contributed by atoms with van der Waals surface area (Å²) < 4.78 is 0. The first-order valence-electron chi connectivity index (χ1n) is 3.77. The molecule has 0 aliphatic rings. The molecule has 0 radical (unpaired) electrons. The van der Waals surface area contributed by atoms with Gasteiger partial charge in [0.25, 0.3) is 0 Å². The summed E-state index contributed by atoms with van der Waals surface area (Å²) in [7, 11) is 0. The van der Waals surface area contributed by atoms with Gasteiger partial charge in [-0.05, 0) is 17.9 Å². The molecule has 1 heterocycles. The van der Waals surface area contributed by atoms with Crippen molar-refractivity contribution in [2.45, 2.75) is 19.9 Å². The Morgan fingerprint density at radius 2 is 2.50 bits per heavy atom. The number of hydrogen-bond acceptors (Lipinski definition) is 1. The maximum Gasteiger partial charge on any atom is 0.111 e. The van der Waals surface area contributed by atoms with Crippen LogP contribution in [0.5, 0.6) is 0 Å². The molecule has 10 heavy (non-hydrogen) atoms. The zero-order valence-electron chi connectivity index (χ0n) is 6.34. The van der Waals surface area contributed by atoms with Crippen LogP contribution in [0.15, 0.2) is 17.5 Å². The molecule has 2 N–H and O–H groups in total. The zero-order chi connectivity index (χ0) is 7.23. The van der Waals surface area contributed by atoms with Gasteiger partial charge >= 0.3 is 0 Å². The smallest absolute Gasteiger partial charge is 0.111 e. The van der Waals surface area contributed by atoms with E-state index in [9.17, 15) is 0 Å². The Morgan fingerprint density at radius 1 is 1.60 bits per heavy atom. The third-order valence-corrected chi connectivity index (χ3v) is 2.32. The van der Waals surface area contributed by atoms with Gasteiger partial charge in [-0.3, -0.25) is 0 Å². The molecule has 56 valence electrons. The number of nitrogens with two attached hydrogens (primary N) is 1. The maximum absolute atomic E-state index is 2.35. The fraction of sp³-hybridized carbons (Fsp3) is 0.500. The SMILES string of the molecule is CCC[NH2+]Cc1cccs1. The van der Waals surface area contributed by atoms with Crippen LogP contribution in [0, 0.1) is 0 Å². The van der Waals surface area contributed by atoms with E-state index in [1.165, 1.54) is 17.8 Å².